The third-order valence-electron chi connectivity index (χ3n) is 6.05. The normalized spacial score (nSPS) is 12.2. The Morgan fingerprint density at radius 2 is 1.56 bits per heavy atom. The summed E-state index contributed by atoms with van der Waals surface area (Å²) in [6, 6.07) is 20.5. The van der Waals surface area contributed by atoms with Gasteiger partial charge in [0.2, 0.25) is 21.8 Å². The highest BCUT2D eigenvalue weighted by molar-refractivity contribution is 7.92. The van der Waals surface area contributed by atoms with Crippen molar-refractivity contribution in [3.8, 4) is 0 Å². The van der Waals surface area contributed by atoms with Gasteiger partial charge in [-0.3, -0.25) is 13.9 Å². The van der Waals surface area contributed by atoms with Crippen molar-refractivity contribution in [2.45, 2.75) is 32.9 Å². The highest BCUT2D eigenvalue weighted by Crippen LogP contribution is 2.24. The van der Waals surface area contributed by atoms with Crippen LogP contribution in [0.2, 0.25) is 5.02 Å². The maximum Gasteiger partial charge on any atom is 0.244 e. The number of anilines is 1. The molecule has 0 aromatic heterocycles. The van der Waals surface area contributed by atoms with Crippen LogP contribution in [0.4, 0.5) is 10.1 Å². The van der Waals surface area contributed by atoms with Gasteiger partial charge in [-0.05, 0) is 35.2 Å². The first-order valence-corrected chi connectivity index (χ1v) is 14.8. The van der Waals surface area contributed by atoms with Gasteiger partial charge in [-0.2, -0.15) is 0 Å². The third kappa shape index (κ3) is 8.53. The summed E-state index contributed by atoms with van der Waals surface area (Å²) in [5.74, 6) is -1.68. The average molecular weight is 574 g/mol. The van der Waals surface area contributed by atoms with Crippen molar-refractivity contribution in [3.05, 3.63) is 101 Å². The number of nitrogens with zero attached hydrogens (tertiary/aromatic N) is 2. The Bertz CT molecular complexity index is 1390. The lowest BCUT2D eigenvalue weighted by molar-refractivity contribution is -0.140. The molecule has 0 unspecified atom stereocenters. The van der Waals surface area contributed by atoms with E-state index in [2.05, 4.69) is 5.32 Å². The molecule has 0 aliphatic rings. The van der Waals surface area contributed by atoms with Gasteiger partial charge in [-0.15, -0.1) is 0 Å². The monoisotopic (exact) mass is 573 g/mol. The van der Waals surface area contributed by atoms with E-state index >= 15 is 0 Å². The lowest BCUT2D eigenvalue weighted by atomic mass is 10.0. The van der Waals surface area contributed by atoms with Crippen LogP contribution in [0, 0.1) is 11.7 Å². The van der Waals surface area contributed by atoms with Crippen LogP contribution < -0.4 is 9.62 Å². The predicted octanol–water partition coefficient (Wildman–Crippen LogP) is 4.66. The largest absolute Gasteiger partial charge is 0.354 e. The molecule has 208 valence electrons. The molecule has 0 spiro atoms. The van der Waals surface area contributed by atoms with E-state index in [1.807, 2.05) is 44.2 Å². The van der Waals surface area contributed by atoms with Gasteiger partial charge < -0.3 is 10.2 Å². The minimum absolute atomic E-state index is 0.0556. The van der Waals surface area contributed by atoms with Crippen molar-refractivity contribution < 1.29 is 22.4 Å². The summed E-state index contributed by atoms with van der Waals surface area (Å²) in [7, 11) is -4.06. The number of benzene rings is 3. The number of nitrogens with one attached hydrogen (secondary N) is 1. The van der Waals surface area contributed by atoms with E-state index in [1.54, 1.807) is 24.3 Å². The number of para-hydroxylation sites is 1. The second-order valence-electron chi connectivity index (χ2n) is 9.68. The van der Waals surface area contributed by atoms with E-state index in [9.17, 15) is 22.4 Å². The van der Waals surface area contributed by atoms with Crippen LogP contribution in [0.1, 0.15) is 25.0 Å². The maximum atomic E-state index is 14.7. The first kappa shape index (κ1) is 30.1. The molecule has 0 aliphatic heterocycles. The Morgan fingerprint density at radius 1 is 0.949 bits per heavy atom. The number of halogens is 2. The van der Waals surface area contributed by atoms with Crippen LogP contribution in [-0.2, 0) is 32.6 Å². The van der Waals surface area contributed by atoms with Gasteiger partial charge >= 0.3 is 0 Å². The highest BCUT2D eigenvalue weighted by Gasteiger charge is 2.33. The molecule has 2 amide bonds. The summed E-state index contributed by atoms with van der Waals surface area (Å²) in [6.45, 7) is 3.55. The molecule has 3 rings (SSSR count). The molecule has 0 heterocycles. The second kappa shape index (κ2) is 13.6. The SMILES string of the molecule is CC(C)CNC(=O)[C@@H](Cc1ccccc1)N(Cc1ccccc1Cl)C(=O)CN(c1ccccc1F)S(C)(=O)=O. The molecule has 0 saturated carbocycles. The van der Waals surface area contributed by atoms with Crippen LogP contribution >= 0.6 is 11.6 Å². The van der Waals surface area contributed by atoms with Gasteiger partial charge in [-0.1, -0.05) is 86.1 Å². The second-order valence-corrected chi connectivity index (χ2v) is 12.0. The van der Waals surface area contributed by atoms with Crippen LogP contribution in [-0.4, -0.2) is 50.5 Å². The molecule has 10 heteroatoms. The Balaban J connectivity index is 2.06. The molecular weight excluding hydrogens is 541 g/mol. The molecular formula is C29H33ClFN3O4S. The van der Waals surface area contributed by atoms with Gasteiger partial charge in [0.15, 0.2) is 0 Å². The number of hydrogen-bond acceptors (Lipinski definition) is 4. The zero-order valence-electron chi connectivity index (χ0n) is 22.2. The summed E-state index contributed by atoms with van der Waals surface area (Å²) in [4.78, 5) is 28.8. The predicted molar refractivity (Wildman–Crippen MR) is 152 cm³/mol. The molecule has 1 N–H and O–H groups in total. The molecule has 0 fully saturated rings. The number of carbonyl (C=O) groups excluding carboxylic acids is 2. The standard InChI is InChI=1S/C29H33ClFN3O4S/c1-21(2)18-32-29(36)27(17-22-11-5-4-6-12-22)33(19-23-13-7-8-14-24(23)30)28(35)20-34(39(3,37)38)26-16-10-9-15-25(26)31/h4-16,21,27H,17-20H2,1-3H3,(H,32,36)/t27-/m1/s1. The van der Waals surface area contributed by atoms with Gasteiger partial charge in [0, 0.05) is 24.5 Å². The zero-order valence-corrected chi connectivity index (χ0v) is 23.8. The van der Waals surface area contributed by atoms with E-state index in [0.717, 1.165) is 22.2 Å². The summed E-state index contributed by atoms with van der Waals surface area (Å²) in [6.07, 6.45) is 1.08. The third-order valence-corrected chi connectivity index (χ3v) is 7.55. The average Bonchev–Trinajstić information content (AvgIpc) is 2.89. The number of amides is 2. The minimum atomic E-state index is -4.06. The molecule has 3 aromatic rings. The minimum Gasteiger partial charge on any atom is -0.354 e. The smallest absolute Gasteiger partial charge is 0.244 e. The van der Waals surface area contributed by atoms with E-state index in [4.69, 9.17) is 11.6 Å². The quantitative estimate of drug-likeness (QED) is 0.341. The molecule has 39 heavy (non-hydrogen) atoms. The van der Waals surface area contributed by atoms with E-state index in [1.165, 1.54) is 23.1 Å². The van der Waals surface area contributed by atoms with Gasteiger partial charge in [0.1, 0.15) is 18.4 Å². The van der Waals surface area contributed by atoms with Crippen LogP contribution in [0.5, 0.6) is 0 Å². The molecule has 7 nitrogen and oxygen atoms in total. The Labute approximate surface area is 234 Å². The fourth-order valence-electron chi connectivity index (χ4n) is 4.04. The molecule has 1 atom stereocenters. The molecule has 3 aromatic carbocycles. The zero-order chi connectivity index (χ0) is 28.6. The molecule has 0 aliphatic carbocycles. The number of rotatable bonds is 12. The lowest BCUT2D eigenvalue weighted by Crippen LogP contribution is -2.53. The van der Waals surface area contributed by atoms with Crippen molar-refractivity contribution in [2.24, 2.45) is 5.92 Å². The molecule has 0 bridgehead atoms. The van der Waals surface area contributed by atoms with Gasteiger partial charge in [-0.25, -0.2) is 12.8 Å². The Morgan fingerprint density at radius 3 is 2.18 bits per heavy atom. The van der Waals surface area contributed by atoms with Crippen molar-refractivity contribution in [2.75, 3.05) is 23.7 Å². The van der Waals surface area contributed by atoms with Crippen molar-refractivity contribution in [1.82, 2.24) is 10.2 Å². The fraction of sp³-hybridized carbons (Fsp3) is 0.310. The van der Waals surface area contributed by atoms with Gasteiger partial charge in [0.25, 0.3) is 0 Å². The van der Waals surface area contributed by atoms with E-state index in [0.29, 0.717) is 17.1 Å². The molecule has 0 saturated heterocycles. The molecule has 0 radical (unpaired) electrons. The van der Waals surface area contributed by atoms with E-state index in [-0.39, 0.29) is 30.5 Å². The Kier molecular flexibility index (Phi) is 10.5. The number of carbonyl (C=O) groups is 2. The maximum absolute atomic E-state index is 14.7. The summed E-state index contributed by atoms with van der Waals surface area (Å²) < 4.78 is 40.8. The Hall–Kier alpha value is -3.43. The van der Waals surface area contributed by atoms with E-state index < -0.39 is 34.3 Å². The van der Waals surface area contributed by atoms with Gasteiger partial charge in [0.05, 0.1) is 11.9 Å². The number of hydrogen-bond donors (Lipinski definition) is 1. The van der Waals surface area contributed by atoms with Crippen molar-refractivity contribution in [3.63, 3.8) is 0 Å². The number of sulfonamides is 1. The highest BCUT2D eigenvalue weighted by atomic mass is 35.5. The topological polar surface area (TPSA) is 86.8 Å². The first-order valence-electron chi connectivity index (χ1n) is 12.5. The van der Waals surface area contributed by atoms with Crippen molar-refractivity contribution in [1.29, 1.82) is 0 Å². The van der Waals surface area contributed by atoms with Crippen molar-refractivity contribution >= 4 is 39.1 Å². The summed E-state index contributed by atoms with van der Waals surface area (Å²) in [5, 5.41) is 3.30. The van der Waals surface area contributed by atoms with Crippen LogP contribution in [0.25, 0.3) is 0 Å². The summed E-state index contributed by atoms with van der Waals surface area (Å²) >= 11 is 6.42. The summed E-state index contributed by atoms with van der Waals surface area (Å²) in [5.41, 5.74) is 1.14. The lowest BCUT2D eigenvalue weighted by Gasteiger charge is -2.34. The first-order chi connectivity index (χ1) is 18.5. The fourth-order valence-corrected chi connectivity index (χ4v) is 5.08. The van der Waals surface area contributed by atoms with Crippen LogP contribution in [0.15, 0.2) is 78.9 Å². The van der Waals surface area contributed by atoms with Crippen LogP contribution in [0.3, 0.4) is 0 Å².